The van der Waals surface area contributed by atoms with Crippen molar-refractivity contribution in [2.24, 2.45) is 23.5 Å². The van der Waals surface area contributed by atoms with Gasteiger partial charge in [0.05, 0.1) is 32.0 Å². The highest BCUT2D eigenvalue weighted by atomic mass is 19.1. The molecule has 0 fully saturated rings. The molecule has 0 unspecified atom stereocenters. The third-order valence-electron chi connectivity index (χ3n) is 7.48. The maximum atomic E-state index is 14.1. The molecule has 42 heavy (non-hydrogen) atoms. The fourth-order valence-corrected chi connectivity index (χ4v) is 4.44. The van der Waals surface area contributed by atoms with Crippen LogP contribution in [0, 0.1) is 29.4 Å². The molecule has 236 valence electrons. The number of hydrogen-bond acceptors (Lipinski definition) is 7. The zero-order valence-corrected chi connectivity index (χ0v) is 25.6. The molecule has 0 heterocycles. The van der Waals surface area contributed by atoms with Crippen LogP contribution in [0.15, 0.2) is 42.5 Å². The Balaban J connectivity index is 1.89. The van der Waals surface area contributed by atoms with Gasteiger partial charge in [0.2, 0.25) is 5.91 Å². The van der Waals surface area contributed by atoms with E-state index in [9.17, 15) is 18.7 Å². The van der Waals surface area contributed by atoms with Crippen LogP contribution in [-0.4, -0.2) is 62.7 Å². The Morgan fingerprint density at radius 3 is 2.43 bits per heavy atom. The first-order valence-corrected chi connectivity index (χ1v) is 14.8. The van der Waals surface area contributed by atoms with Crippen molar-refractivity contribution < 1.29 is 32.9 Å². The molecule has 0 saturated heterocycles. The Morgan fingerprint density at radius 1 is 1.07 bits per heavy atom. The summed E-state index contributed by atoms with van der Waals surface area (Å²) in [4.78, 5) is 13.4. The van der Waals surface area contributed by atoms with Crippen molar-refractivity contribution in [3.63, 3.8) is 0 Å². The van der Waals surface area contributed by atoms with Gasteiger partial charge in [-0.2, -0.15) is 0 Å². The predicted octanol–water partition coefficient (Wildman–Crippen LogP) is 4.89. The number of halogens is 2. The third-order valence-corrected chi connectivity index (χ3v) is 7.48. The van der Waals surface area contributed by atoms with Gasteiger partial charge in [-0.1, -0.05) is 40.2 Å². The van der Waals surface area contributed by atoms with Crippen LogP contribution in [0.5, 0.6) is 5.75 Å². The van der Waals surface area contributed by atoms with Crippen LogP contribution in [0.3, 0.4) is 0 Å². The SMILES string of the molecule is CC[C@H](C)[C@@H](CNc1ccc(F)cc1)NC(=O)[C@@H](C[C@H](O)[C@@H](N)COCc1ccc(F)c(OCCCOC)c1)C(C)C. The van der Waals surface area contributed by atoms with Crippen LogP contribution in [0.4, 0.5) is 14.5 Å². The van der Waals surface area contributed by atoms with Gasteiger partial charge in [-0.05, 0) is 60.2 Å². The quantitative estimate of drug-likeness (QED) is 0.162. The Kier molecular flexibility index (Phi) is 15.8. The van der Waals surface area contributed by atoms with E-state index in [4.69, 9.17) is 19.9 Å². The number of anilines is 1. The molecule has 5 N–H and O–H groups in total. The first kappa shape index (κ1) is 35.4. The fourth-order valence-electron chi connectivity index (χ4n) is 4.44. The van der Waals surface area contributed by atoms with E-state index >= 15 is 0 Å². The molecule has 0 aliphatic carbocycles. The number of amides is 1. The molecule has 0 radical (unpaired) electrons. The lowest BCUT2D eigenvalue weighted by Crippen LogP contribution is -2.49. The minimum absolute atomic E-state index is 0.0306. The minimum atomic E-state index is -0.963. The van der Waals surface area contributed by atoms with E-state index in [0.29, 0.717) is 31.7 Å². The molecule has 0 saturated carbocycles. The van der Waals surface area contributed by atoms with Crippen molar-refractivity contribution in [2.75, 3.05) is 38.8 Å². The van der Waals surface area contributed by atoms with Gasteiger partial charge in [0.15, 0.2) is 11.6 Å². The van der Waals surface area contributed by atoms with E-state index in [-0.39, 0.29) is 55.0 Å². The number of methoxy groups -OCH3 is 1. The second-order valence-electron chi connectivity index (χ2n) is 11.2. The average molecular weight is 594 g/mol. The summed E-state index contributed by atoms with van der Waals surface area (Å²) in [6.07, 6.45) is 0.727. The number of ether oxygens (including phenoxy) is 3. The third kappa shape index (κ3) is 12.2. The summed E-state index contributed by atoms with van der Waals surface area (Å²) < 4.78 is 43.5. The first-order chi connectivity index (χ1) is 20.0. The van der Waals surface area contributed by atoms with Crippen LogP contribution in [0.25, 0.3) is 0 Å². The number of nitrogens with one attached hydrogen (secondary N) is 2. The second kappa shape index (κ2) is 18.7. The van der Waals surface area contributed by atoms with Gasteiger partial charge in [-0.25, -0.2) is 8.78 Å². The number of aliphatic hydroxyl groups excluding tert-OH is 1. The van der Waals surface area contributed by atoms with Crippen molar-refractivity contribution in [3.8, 4) is 5.75 Å². The van der Waals surface area contributed by atoms with Crippen LogP contribution in [-0.2, 0) is 20.9 Å². The van der Waals surface area contributed by atoms with E-state index in [2.05, 4.69) is 24.5 Å². The van der Waals surface area contributed by atoms with Gasteiger partial charge in [0.25, 0.3) is 0 Å². The van der Waals surface area contributed by atoms with E-state index in [0.717, 1.165) is 12.1 Å². The molecule has 8 nitrogen and oxygen atoms in total. The summed E-state index contributed by atoms with van der Waals surface area (Å²) >= 11 is 0. The van der Waals surface area contributed by atoms with Crippen molar-refractivity contribution in [3.05, 3.63) is 59.7 Å². The van der Waals surface area contributed by atoms with Crippen molar-refractivity contribution in [1.82, 2.24) is 5.32 Å². The number of benzene rings is 2. The average Bonchev–Trinajstić information content (AvgIpc) is 2.97. The Hall–Kier alpha value is -2.79. The minimum Gasteiger partial charge on any atom is -0.490 e. The molecular weight excluding hydrogens is 544 g/mol. The highest BCUT2D eigenvalue weighted by Crippen LogP contribution is 2.22. The lowest BCUT2D eigenvalue weighted by molar-refractivity contribution is -0.128. The van der Waals surface area contributed by atoms with Crippen molar-refractivity contribution in [2.45, 2.75) is 71.8 Å². The Bertz CT molecular complexity index is 1060. The molecule has 2 rings (SSSR count). The van der Waals surface area contributed by atoms with E-state index in [1.807, 2.05) is 13.8 Å². The van der Waals surface area contributed by atoms with Gasteiger partial charge >= 0.3 is 0 Å². The number of carbonyl (C=O) groups is 1. The molecule has 1 amide bonds. The van der Waals surface area contributed by atoms with E-state index in [1.165, 1.54) is 18.2 Å². The molecule has 2 aromatic carbocycles. The summed E-state index contributed by atoms with van der Waals surface area (Å²) in [5, 5.41) is 17.3. The smallest absolute Gasteiger partial charge is 0.223 e. The zero-order chi connectivity index (χ0) is 31.1. The molecule has 10 heteroatoms. The predicted molar refractivity (Wildman–Crippen MR) is 161 cm³/mol. The maximum Gasteiger partial charge on any atom is 0.223 e. The fraction of sp³-hybridized carbons (Fsp3) is 0.594. The second-order valence-corrected chi connectivity index (χ2v) is 11.2. The van der Waals surface area contributed by atoms with E-state index < -0.39 is 23.9 Å². The molecular formula is C32H49F2N3O5. The zero-order valence-electron chi connectivity index (χ0n) is 25.6. The molecule has 0 aliphatic heterocycles. The topological polar surface area (TPSA) is 115 Å². The number of carbonyl (C=O) groups excluding carboxylic acids is 1. The molecule has 0 aliphatic rings. The highest BCUT2D eigenvalue weighted by molar-refractivity contribution is 5.79. The summed E-state index contributed by atoms with van der Waals surface area (Å²) in [7, 11) is 1.60. The summed E-state index contributed by atoms with van der Waals surface area (Å²) in [6.45, 7) is 9.59. The first-order valence-electron chi connectivity index (χ1n) is 14.8. The highest BCUT2D eigenvalue weighted by Gasteiger charge is 2.30. The lowest BCUT2D eigenvalue weighted by atomic mass is 9.86. The molecule has 0 spiro atoms. The summed E-state index contributed by atoms with van der Waals surface area (Å²) in [6, 6.07) is 9.75. The maximum absolute atomic E-state index is 14.1. The monoisotopic (exact) mass is 593 g/mol. The number of nitrogens with two attached hydrogens (primary N) is 1. The van der Waals surface area contributed by atoms with Crippen LogP contribution in [0.1, 0.15) is 52.5 Å². The van der Waals surface area contributed by atoms with Gasteiger partial charge in [0, 0.05) is 44.3 Å². The van der Waals surface area contributed by atoms with Crippen molar-refractivity contribution in [1.29, 1.82) is 0 Å². The van der Waals surface area contributed by atoms with Crippen LogP contribution >= 0.6 is 0 Å². The lowest BCUT2D eigenvalue weighted by Gasteiger charge is -2.30. The van der Waals surface area contributed by atoms with Gasteiger partial charge in [-0.15, -0.1) is 0 Å². The van der Waals surface area contributed by atoms with E-state index in [1.54, 1.807) is 31.4 Å². The summed E-state index contributed by atoms with van der Waals surface area (Å²) in [5.41, 5.74) is 7.72. The number of rotatable bonds is 20. The van der Waals surface area contributed by atoms with Gasteiger partial charge < -0.3 is 35.7 Å². The summed E-state index contributed by atoms with van der Waals surface area (Å²) in [5.74, 6) is -1.06. The Labute approximate surface area is 249 Å². The molecule has 0 bridgehead atoms. The van der Waals surface area contributed by atoms with Gasteiger partial charge in [-0.3, -0.25) is 4.79 Å². The van der Waals surface area contributed by atoms with Crippen molar-refractivity contribution >= 4 is 11.6 Å². The standard InChI is InChI=1S/C32H49F2N3O5/c1-6-22(4)29(18-36-25-11-9-24(33)10-12-25)37-32(39)26(21(2)3)17-30(38)28(35)20-41-19-23-8-13-27(34)31(16-23)42-15-7-14-40-5/h8-13,16,21-22,26,28-30,36,38H,6-7,14-15,17-20,35H2,1-5H3,(H,37,39)/t22-,26-,28-,29+,30-/m0/s1. The van der Waals surface area contributed by atoms with Gasteiger partial charge in [0.1, 0.15) is 5.82 Å². The Morgan fingerprint density at radius 2 is 1.79 bits per heavy atom. The van der Waals surface area contributed by atoms with Crippen LogP contribution in [0.2, 0.25) is 0 Å². The largest absolute Gasteiger partial charge is 0.490 e. The molecule has 0 aromatic heterocycles. The number of hydrogen-bond donors (Lipinski definition) is 4. The van der Waals surface area contributed by atoms with Crippen LogP contribution < -0.4 is 21.1 Å². The number of aliphatic hydroxyl groups is 1. The molecule has 2 aromatic rings. The molecule has 5 atom stereocenters. The normalized spacial score (nSPS) is 15.1.